The molecule has 2 heterocycles. The summed E-state index contributed by atoms with van der Waals surface area (Å²) < 4.78 is 69.7. The molecule has 0 amide bonds. The molecular weight excluding hydrogens is 413 g/mol. The van der Waals surface area contributed by atoms with Crippen molar-refractivity contribution in [3.63, 3.8) is 0 Å². The first-order valence-electron chi connectivity index (χ1n) is 10.1. The summed E-state index contributed by atoms with van der Waals surface area (Å²) in [4.78, 5) is 0. The quantitative estimate of drug-likeness (QED) is 0.360. The molecule has 0 aliphatic carbocycles. The Labute approximate surface area is 174 Å². The molecule has 1 N–H and O–H groups in total. The Morgan fingerprint density at radius 2 is 1.52 bits per heavy atom. The van der Waals surface area contributed by atoms with E-state index in [0.717, 1.165) is 26.1 Å². The standard InChI is InChI=1S/C7H12O2.C5H7F3O3S.C3H8O.2C2H6/c1-2-6-7(8-4-1)3-5-9-6;1-3-4(2)11-12(9,10)5(6,7)8;1-2-3-4;2*1-2/h6-7H,1-5H2;2-3H2,1H3;4H,2-3H2,1H3;2*1-2H3/t6-,7?;;;;/m0..../s1. The second-order valence-corrected chi connectivity index (χ2v) is 6.89. The van der Waals surface area contributed by atoms with Crippen molar-refractivity contribution < 1.29 is 40.4 Å². The van der Waals surface area contributed by atoms with E-state index in [9.17, 15) is 21.6 Å². The lowest BCUT2D eigenvalue weighted by Gasteiger charge is -2.23. The van der Waals surface area contributed by atoms with Crippen LogP contribution in [0.5, 0.6) is 0 Å². The van der Waals surface area contributed by atoms with Gasteiger partial charge in [-0.1, -0.05) is 48.1 Å². The normalized spacial score (nSPS) is 19.9. The van der Waals surface area contributed by atoms with Crippen LogP contribution in [-0.2, 0) is 23.8 Å². The summed E-state index contributed by atoms with van der Waals surface area (Å²) in [6.45, 7) is 16.5. The van der Waals surface area contributed by atoms with Crippen LogP contribution < -0.4 is 0 Å². The van der Waals surface area contributed by atoms with E-state index in [1.807, 2.05) is 34.6 Å². The van der Waals surface area contributed by atoms with E-state index >= 15 is 0 Å². The van der Waals surface area contributed by atoms with E-state index in [-0.39, 0.29) is 6.42 Å². The highest BCUT2D eigenvalue weighted by atomic mass is 32.2. The highest BCUT2D eigenvalue weighted by Gasteiger charge is 2.48. The van der Waals surface area contributed by atoms with Gasteiger partial charge in [0, 0.05) is 26.2 Å². The molecule has 1 unspecified atom stereocenters. The maximum absolute atomic E-state index is 11.6. The van der Waals surface area contributed by atoms with Crippen LogP contribution >= 0.6 is 0 Å². The first kappa shape index (κ1) is 32.8. The fourth-order valence-corrected chi connectivity index (χ4v) is 2.39. The summed E-state index contributed by atoms with van der Waals surface area (Å²) in [6.07, 6.45) is 5.28. The molecule has 0 spiro atoms. The number of aliphatic hydroxyl groups is 1. The summed E-state index contributed by atoms with van der Waals surface area (Å²) in [7, 11) is -5.51. The zero-order valence-electron chi connectivity index (χ0n) is 18.5. The average Bonchev–Trinajstić information content (AvgIpc) is 3.19. The van der Waals surface area contributed by atoms with Crippen LogP contribution in [-0.4, -0.2) is 51.1 Å². The van der Waals surface area contributed by atoms with Gasteiger partial charge in [0.05, 0.1) is 12.2 Å². The minimum Gasteiger partial charge on any atom is -0.396 e. The second kappa shape index (κ2) is 19.1. The molecule has 178 valence electrons. The van der Waals surface area contributed by atoms with Gasteiger partial charge in [0.1, 0.15) is 5.76 Å². The van der Waals surface area contributed by atoms with Crippen molar-refractivity contribution in [2.75, 3.05) is 19.8 Å². The number of alkyl halides is 3. The highest BCUT2D eigenvalue weighted by Crippen LogP contribution is 2.26. The largest absolute Gasteiger partial charge is 0.534 e. The van der Waals surface area contributed by atoms with Gasteiger partial charge in [-0.3, -0.25) is 0 Å². The molecule has 0 aromatic carbocycles. The zero-order valence-corrected chi connectivity index (χ0v) is 19.4. The molecule has 0 radical (unpaired) electrons. The van der Waals surface area contributed by atoms with Crippen molar-refractivity contribution in [1.82, 2.24) is 0 Å². The van der Waals surface area contributed by atoms with Crippen LogP contribution in [0.15, 0.2) is 12.3 Å². The molecule has 10 heteroatoms. The SMILES string of the molecule is C1COC2CCO[C@H]2C1.C=C(CC)OS(=O)(=O)C(F)(F)F.CC.CC.CCCO. The summed E-state index contributed by atoms with van der Waals surface area (Å²) in [5.74, 6) is -0.438. The van der Waals surface area contributed by atoms with Crippen molar-refractivity contribution in [2.45, 2.75) is 91.4 Å². The Morgan fingerprint density at radius 3 is 1.90 bits per heavy atom. The van der Waals surface area contributed by atoms with Gasteiger partial charge in [-0.05, 0) is 25.7 Å². The van der Waals surface area contributed by atoms with Gasteiger partial charge in [-0.25, -0.2) is 0 Å². The van der Waals surface area contributed by atoms with Crippen LogP contribution in [0, 0.1) is 0 Å². The number of rotatable bonds is 4. The van der Waals surface area contributed by atoms with E-state index in [0.29, 0.717) is 18.8 Å². The van der Waals surface area contributed by atoms with Crippen LogP contribution in [0.1, 0.15) is 73.6 Å². The van der Waals surface area contributed by atoms with Crippen LogP contribution in [0.2, 0.25) is 0 Å². The third-order valence-electron chi connectivity index (χ3n) is 3.24. The molecule has 0 aromatic rings. The Hall–Kier alpha value is -0.840. The van der Waals surface area contributed by atoms with Gasteiger partial charge in [-0.15, -0.1) is 0 Å². The average molecular weight is 453 g/mol. The van der Waals surface area contributed by atoms with Crippen molar-refractivity contribution in [3.05, 3.63) is 12.3 Å². The fraction of sp³-hybridized carbons (Fsp3) is 0.895. The number of hydrogen-bond donors (Lipinski definition) is 1. The summed E-state index contributed by atoms with van der Waals surface area (Å²) >= 11 is 0. The van der Waals surface area contributed by atoms with E-state index < -0.39 is 21.4 Å². The lowest BCUT2D eigenvalue weighted by molar-refractivity contribution is -0.0522. The van der Waals surface area contributed by atoms with Crippen molar-refractivity contribution in [3.8, 4) is 0 Å². The lowest BCUT2D eigenvalue weighted by atomic mass is 10.1. The fourth-order valence-electron chi connectivity index (χ4n) is 1.87. The maximum Gasteiger partial charge on any atom is 0.534 e. The second-order valence-electron chi connectivity index (χ2n) is 5.35. The molecule has 29 heavy (non-hydrogen) atoms. The van der Waals surface area contributed by atoms with Crippen molar-refractivity contribution in [2.24, 2.45) is 0 Å². The van der Waals surface area contributed by atoms with Crippen LogP contribution in [0.3, 0.4) is 0 Å². The molecule has 2 rings (SSSR count). The maximum atomic E-state index is 11.6. The van der Waals surface area contributed by atoms with Gasteiger partial charge in [-0.2, -0.15) is 21.6 Å². The smallest absolute Gasteiger partial charge is 0.396 e. The third kappa shape index (κ3) is 15.6. The number of allylic oxidation sites excluding steroid dienone is 1. The first-order valence-corrected chi connectivity index (χ1v) is 11.5. The minimum atomic E-state index is -5.51. The van der Waals surface area contributed by atoms with E-state index in [4.69, 9.17) is 14.6 Å². The van der Waals surface area contributed by atoms with E-state index in [1.165, 1.54) is 19.8 Å². The Kier molecular flexibility index (Phi) is 21.7. The molecule has 2 fully saturated rings. The third-order valence-corrected chi connectivity index (χ3v) is 4.26. The monoisotopic (exact) mass is 452 g/mol. The zero-order chi connectivity index (χ0) is 23.5. The van der Waals surface area contributed by atoms with Gasteiger partial charge in [0.25, 0.3) is 0 Å². The van der Waals surface area contributed by atoms with Gasteiger partial charge < -0.3 is 18.8 Å². The Balaban J connectivity index is -0.000000349. The first-order chi connectivity index (χ1) is 13.6. The predicted molar refractivity (Wildman–Crippen MR) is 109 cm³/mol. The topological polar surface area (TPSA) is 82.1 Å². The van der Waals surface area contributed by atoms with Crippen LogP contribution in [0.4, 0.5) is 13.2 Å². The van der Waals surface area contributed by atoms with E-state index in [2.05, 4.69) is 10.8 Å². The lowest BCUT2D eigenvalue weighted by Crippen LogP contribution is -2.29. The molecule has 0 bridgehead atoms. The number of aliphatic hydroxyl groups excluding tert-OH is 1. The summed E-state index contributed by atoms with van der Waals surface area (Å²) in [5.41, 5.74) is -5.38. The molecular formula is C19H39F3O6S. The molecule has 2 saturated heterocycles. The summed E-state index contributed by atoms with van der Waals surface area (Å²) in [6, 6.07) is 0. The molecule has 2 aliphatic rings. The molecule has 2 atom stereocenters. The Morgan fingerprint density at radius 1 is 1.07 bits per heavy atom. The van der Waals surface area contributed by atoms with Crippen molar-refractivity contribution >= 4 is 10.1 Å². The molecule has 2 aliphatic heterocycles. The number of halogens is 3. The number of fused-ring (bicyclic) bond motifs is 1. The van der Waals surface area contributed by atoms with Gasteiger partial charge in [0.15, 0.2) is 0 Å². The predicted octanol–water partition coefficient (Wildman–Crippen LogP) is 5.17. The minimum absolute atomic E-state index is 0.00924. The van der Waals surface area contributed by atoms with Gasteiger partial charge >= 0.3 is 15.6 Å². The summed E-state index contributed by atoms with van der Waals surface area (Å²) in [5, 5.41) is 7.88. The Bertz CT molecular complexity index is 467. The molecule has 6 nitrogen and oxygen atoms in total. The number of hydrogen-bond acceptors (Lipinski definition) is 6. The highest BCUT2D eigenvalue weighted by molar-refractivity contribution is 7.87. The molecule has 0 saturated carbocycles. The van der Waals surface area contributed by atoms with Crippen molar-refractivity contribution in [1.29, 1.82) is 0 Å². The van der Waals surface area contributed by atoms with Gasteiger partial charge in [0.2, 0.25) is 0 Å². The van der Waals surface area contributed by atoms with E-state index in [1.54, 1.807) is 0 Å². The molecule has 0 aromatic heterocycles. The number of ether oxygens (including phenoxy) is 2. The van der Waals surface area contributed by atoms with Crippen LogP contribution in [0.25, 0.3) is 0 Å².